The molecular weight excluding hydrogens is 458 g/mol. The highest BCUT2D eigenvalue weighted by Crippen LogP contribution is 2.29. The Morgan fingerprint density at radius 2 is 1.78 bits per heavy atom. The largest absolute Gasteiger partial charge is 0.441 e. The zero-order valence-electron chi connectivity index (χ0n) is 20.4. The SMILES string of the molecule is Cc1nc2ccc(C(=O)NCc3nc(-c4ccccc4NC(=O)C4CCCO4)oc3C)cc2nc1C. The highest BCUT2D eigenvalue weighted by atomic mass is 16.5. The van der Waals surface area contributed by atoms with Crippen LogP contribution in [0.1, 0.15) is 46.0 Å². The molecule has 2 N–H and O–H groups in total. The van der Waals surface area contributed by atoms with Gasteiger partial charge in [0.1, 0.15) is 17.6 Å². The predicted molar refractivity (Wildman–Crippen MR) is 134 cm³/mol. The predicted octanol–water partition coefficient (Wildman–Crippen LogP) is 4.26. The molecule has 2 aromatic heterocycles. The van der Waals surface area contributed by atoms with Gasteiger partial charge in [0.25, 0.3) is 11.8 Å². The summed E-state index contributed by atoms with van der Waals surface area (Å²) in [4.78, 5) is 39.0. The number of carbonyl (C=O) groups is 2. The van der Waals surface area contributed by atoms with E-state index in [1.165, 1.54) is 0 Å². The molecule has 2 aromatic carbocycles. The first kappa shape index (κ1) is 23.6. The fourth-order valence-electron chi connectivity index (χ4n) is 4.12. The molecule has 9 nitrogen and oxygen atoms in total. The summed E-state index contributed by atoms with van der Waals surface area (Å²) >= 11 is 0. The summed E-state index contributed by atoms with van der Waals surface area (Å²) in [6.07, 6.45) is 1.14. The van der Waals surface area contributed by atoms with Gasteiger partial charge in [0.15, 0.2) is 0 Å². The van der Waals surface area contributed by atoms with Gasteiger partial charge in [0.05, 0.1) is 40.2 Å². The van der Waals surface area contributed by atoms with Gasteiger partial charge >= 0.3 is 0 Å². The number of ether oxygens (including phenoxy) is 1. The summed E-state index contributed by atoms with van der Waals surface area (Å²) in [5.74, 6) is 0.527. The van der Waals surface area contributed by atoms with Crippen molar-refractivity contribution in [2.45, 2.75) is 46.3 Å². The maximum absolute atomic E-state index is 12.8. The van der Waals surface area contributed by atoms with Crippen molar-refractivity contribution in [3.8, 4) is 11.5 Å². The second-order valence-electron chi connectivity index (χ2n) is 8.84. The number of carbonyl (C=O) groups excluding carboxylic acids is 2. The molecule has 1 unspecified atom stereocenters. The fourth-order valence-corrected chi connectivity index (χ4v) is 4.12. The monoisotopic (exact) mass is 485 g/mol. The normalized spacial score (nSPS) is 15.2. The van der Waals surface area contributed by atoms with Crippen molar-refractivity contribution in [3.63, 3.8) is 0 Å². The summed E-state index contributed by atoms with van der Waals surface area (Å²) in [7, 11) is 0. The molecule has 184 valence electrons. The zero-order valence-corrected chi connectivity index (χ0v) is 20.4. The summed E-state index contributed by atoms with van der Waals surface area (Å²) < 4.78 is 11.4. The molecule has 9 heteroatoms. The number of benzene rings is 2. The van der Waals surface area contributed by atoms with Crippen LogP contribution in [0, 0.1) is 20.8 Å². The second-order valence-corrected chi connectivity index (χ2v) is 8.84. The third-order valence-electron chi connectivity index (χ3n) is 6.28. The topological polar surface area (TPSA) is 119 Å². The average Bonchev–Trinajstić information content (AvgIpc) is 3.53. The molecule has 36 heavy (non-hydrogen) atoms. The van der Waals surface area contributed by atoms with Crippen molar-refractivity contribution in [1.29, 1.82) is 0 Å². The van der Waals surface area contributed by atoms with Crippen LogP contribution in [0.25, 0.3) is 22.5 Å². The average molecular weight is 486 g/mol. The number of aryl methyl sites for hydroxylation is 3. The van der Waals surface area contributed by atoms with E-state index in [0.717, 1.165) is 23.3 Å². The van der Waals surface area contributed by atoms with E-state index in [1.54, 1.807) is 31.2 Å². The number of hydrogen-bond donors (Lipinski definition) is 2. The molecule has 3 heterocycles. The molecule has 1 fully saturated rings. The van der Waals surface area contributed by atoms with Gasteiger partial charge in [-0.05, 0) is 63.9 Å². The summed E-state index contributed by atoms with van der Waals surface area (Å²) in [5.41, 5.74) is 5.46. The summed E-state index contributed by atoms with van der Waals surface area (Å²) in [6.45, 7) is 6.38. The van der Waals surface area contributed by atoms with Gasteiger partial charge in [-0.15, -0.1) is 0 Å². The van der Waals surface area contributed by atoms with Crippen molar-refractivity contribution in [3.05, 3.63) is 70.9 Å². The standard InChI is InChI=1S/C27H27N5O4/c1-15-16(2)30-22-13-18(10-11-21(22)29-15)25(33)28-14-23-17(3)36-27(32-23)19-7-4-5-8-20(19)31-26(34)24-9-6-12-35-24/h4-5,7-8,10-11,13,24H,6,9,12,14H2,1-3H3,(H,28,33)(H,31,34). The van der Waals surface area contributed by atoms with Gasteiger partial charge in [0.2, 0.25) is 5.89 Å². The van der Waals surface area contributed by atoms with Crippen LogP contribution in [0.4, 0.5) is 5.69 Å². The van der Waals surface area contributed by atoms with E-state index in [9.17, 15) is 9.59 Å². The lowest BCUT2D eigenvalue weighted by atomic mass is 10.1. The first-order valence-corrected chi connectivity index (χ1v) is 11.9. The second kappa shape index (κ2) is 9.87. The minimum atomic E-state index is -0.441. The molecule has 5 rings (SSSR count). The van der Waals surface area contributed by atoms with Gasteiger partial charge in [-0.2, -0.15) is 0 Å². The molecule has 1 atom stereocenters. The van der Waals surface area contributed by atoms with Crippen LogP contribution in [-0.2, 0) is 16.1 Å². The summed E-state index contributed by atoms with van der Waals surface area (Å²) in [6, 6.07) is 12.6. The molecule has 0 saturated carbocycles. The van der Waals surface area contributed by atoms with E-state index in [0.29, 0.717) is 52.7 Å². The van der Waals surface area contributed by atoms with Crippen molar-refractivity contribution in [2.75, 3.05) is 11.9 Å². The first-order chi connectivity index (χ1) is 17.4. The molecule has 0 aliphatic carbocycles. The highest BCUT2D eigenvalue weighted by molar-refractivity contribution is 5.98. The lowest BCUT2D eigenvalue weighted by Gasteiger charge is -2.12. The van der Waals surface area contributed by atoms with Gasteiger partial charge in [0, 0.05) is 12.2 Å². The van der Waals surface area contributed by atoms with Gasteiger partial charge < -0.3 is 19.8 Å². The number of hydrogen-bond acceptors (Lipinski definition) is 7. The number of fused-ring (bicyclic) bond motifs is 1. The maximum atomic E-state index is 12.8. The van der Waals surface area contributed by atoms with E-state index in [-0.39, 0.29) is 18.4 Å². The summed E-state index contributed by atoms with van der Waals surface area (Å²) in [5, 5.41) is 5.83. The van der Waals surface area contributed by atoms with Crippen LogP contribution in [0.2, 0.25) is 0 Å². The van der Waals surface area contributed by atoms with Crippen molar-refractivity contribution >= 4 is 28.5 Å². The molecule has 4 aromatic rings. The Labute approximate surface area is 208 Å². The Morgan fingerprint density at radius 3 is 2.56 bits per heavy atom. The number of para-hydroxylation sites is 1. The number of oxazole rings is 1. The molecule has 1 aliphatic heterocycles. The number of nitrogens with one attached hydrogen (secondary N) is 2. The van der Waals surface area contributed by atoms with Crippen molar-refractivity contribution in [1.82, 2.24) is 20.3 Å². The van der Waals surface area contributed by atoms with E-state index >= 15 is 0 Å². The third-order valence-corrected chi connectivity index (χ3v) is 6.28. The molecule has 1 aliphatic rings. The lowest BCUT2D eigenvalue weighted by molar-refractivity contribution is -0.124. The Bertz CT molecular complexity index is 1460. The van der Waals surface area contributed by atoms with Crippen LogP contribution >= 0.6 is 0 Å². The number of rotatable bonds is 6. The Morgan fingerprint density at radius 1 is 1.00 bits per heavy atom. The van der Waals surface area contributed by atoms with Crippen LogP contribution in [-0.4, -0.2) is 39.5 Å². The highest BCUT2D eigenvalue weighted by Gasteiger charge is 2.25. The Kier molecular flexibility index (Phi) is 6.47. The number of anilines is 1. The quantitative estimate of drug-likeness (QED) is 0.419. The third kappa shape index (κ3) is 4.83. The molecule has 1 saturated heterocycles. The zero-order chi connectivity index (χ0) is 25.2. The van der Waals surface area contributed by atoms with Crippen molar-refractivity contribution in [2.24, 2.45) is 0 Å². The number of amides is 2. The number of nitrogens with zero attached hydrogens (tertiary/aromatic N) is 3. The van der Waals surface area contributed by atoms with E-state index in [1.807, 2.05) is 32.0 Å². The Hall–Kier alpha value is -4.11. The van der Waals surface area contributed by atoms with E-state index in [2.05, 4.69) is 25.6 Å². The van der Waals surface area contributed by atoms with Crippen LogP contribution in [0.3, 0.4) is 0 Å². The minimum absolute atomic E-state index is 0.179. The molecule has 0 spiro atoms. The van der Waals surface area contributed by atoms with Crippen LogP contribution in [0.5, 0.6) is 0 Å². The first-order valence-electron chi connectivity index (χ1n) is 11.9. The lowest BCUT2D eigenvalue weighted by Crippen LogP contribution is -2.27. The van der Waals surface area contributed by atoms with Crippen molar-refractivity contribution < 1.29 is 18.7 Å². The van der Waals surface area contributed by atoms with Crippen LogP contribution < -0.4 is 10.6 Å². The molecular formula is C27H27N5O4. The van der Waals surface area contributed by atoms with Gasteiger partial charge in [-0.3, -0.25) is 9.59 Å². The smallest absolute Gasteiger partial charge is 0.253 e. The van der Waals surface area contributed by atoms with E-state index in [4.69, 9.17) is 9.15 Å². The van der Waals surface area contributed by atoms with E-state index < -0.39 is 6.10 Å². The Balaban J connectivity index is 1.30. The van der Waals surface area contributed by atoms with Crippen LogP contribution in [0.15, 0.2) is 46.9 Å². The molecule has 2 amide bonds. The fraction of sp³-hybridized carbons (Fsp3) is 0.296. The van der Waals surface area contributed by atoms with Gasteiger partial charge in [-0.25, -0.2) is 15.0 Å². The molecule has 0 bridgehead atoms. The molecule has 0 radical (unpaired) electrons. The number of aromatic nitrogens is 3. The minimum Gasteiger partial charge on any atom is -0.441 e. The van der Waals surface area contributed by atoms with Gasteiger partial charge in [-0.1, -0.05) is 12.1 Å². The maximum Gasteiger partial charge on any atom is 0.253 e.